The van der Waals surface area contributed by atoms with Crippen LogP contribution in [0.5, 0.6) is 0 Å². The van der Waals surface area contributed by atoms with Gasteiger partial charge in [0.2, 0.25) is 0 Å². The predicted octanol–water partition coefficient (Wildman–Crippen LogP) is 1.91. The van der Waals surface area contributed by atoms with E-state index in [9.17, 15) is 9.59 Å². The normalized spacial score (nSPS) is 23.6. The lowest BCUT2D eigenvalue weighted by Gasteiger charge is -2.49. The molecule has 1 aromatic carbocycles. The molecule has 0 aliphatic carbocycles. The number of amides is 1. The number of hydrogen-bond acceptors (Lipinski definition) is 6. The third-order valence-electron chi connectivity index (χ3n) is 4.98. The molecular weight excluding hydrogens is 348 g/mol. The minimum Gasteiger partial charge on any atom is -0.466 e. The molecule has 3 rings (SSSR count). The first kappa shape index (κ1) is 19.6. The summed E-state index contributed by atoms with van der Waals surface area (Å²) in [5, 5.41) is 0. The van der Waals surface area contributed by atoms with Gasteiger partial charge in [0.15, 0.2) is 0 Å². The molecule has 7 heteroatoms. The summed E-state index contributed by atoms with van der Waals surface area (Å²) in [7, 11) is 0. The third-order valence-corrected chi connectivity index (χ3v) is 4.98. The van der Waals surface area contributed by atoms with Gasteiger partial charge >= 0.3 is 12.1 Å². The highest BCUT2D eigenvalue weighted by atomic mass is 16.6. The molecule has 0 radical (unpaired) electrons. The second-order valence-corrected chi connectivity index (χ2v) is 7.16. The highest BCUT2D eigenvalue weighted by molar-refractivity contribution is 5.72. The maximum absolute atomic E-state index is 12.7. The number of benzene rings is 1. The van der Waals surface area contributed by atoms with E-state index in [-0.39, 0.29) is 36.7 Å². The quantitative estimate of drug-likeness (QED) is 0.707. The summed E-state index contributed by atoms with van der Waals surface area (Å²) in [6, 6.07) is 9.54. The second kappa shape index (κ2) is 9.19. The Morgan fingerprint density at radius 2 is 1.81 bits per heavy atom. The van der Waals surface area contributed by atoms with Crippen molar-refractivity contribution in [1.82, 2.24) is 9.80 Å². The van der Waals surface area contributed by atoms with Gasteiger partial charge in [-0.2, -0.15) is 0 Å². The van der Waals surface area contributed by atoms with Gasteiger partial charge in [0, 0.05) is 19.6 Å². The average Bonchev–Trinajstić information content (AvgIpc) is 2.66. The van der Waals surface area contributed by atoms with Gasteiger partial charge in [0.25, 0.3) is 0 Å². The number of piperazine rings is 1. The van der Waals surface area contributed by atoms with E-state index in [0.29, 0.717) is 39.5 Å². The topological polar surface area (TPSA) is 68.3 Å². The lowest BCUT2D eigenvalue weighted by Crippen LogP contribution is -2.66. The van der Waals surface area contributed by atoms with Gasteiger partial charge in [-0.1, -0.05) is 37.3 Å². The summed E-state index contributed by atoms with van der Waals surface area (Å²) < 4.78 is 16.3. The summed E-state index contributed by atoms with van der Waals surface area (Å²) in [6.45, 7) is 7.28. The Hall–Kier alpha value is -2.12. The van der Waals surface area contributed by atoms with E-state index in [4.69, 9.17) is 14.2 Å². The van der Waals surface area contributed by atoms with Gasteiger partial charge in [-0.05, 0) is 12.5 Å². The number of morpholine rings is 1. The highest BCUT2D eigenvalue weighted by Crippen LogP contribution is 2.23. The number of hydrogen-bond donors (Lipinski definition) is 0. The molecule has 27 heavy (non-hydrogen) atoms. The molecule has 3 atom stereocenters. The maximum atomic E-state index is 12.7. The summed E-state index contributed by atoms with van der Waals surface area (Å²) in [6.07, 6.45) is -0.296. The van der Waals surface area contributed by atoms with Crippen molar-refractivity contribution in [3.63, 3.8) is 0 Å². The van der Waals surface area contributed by atoms with E-state index in [1.54, 1.807) is 0 Å². The van der Waals surface area contributed by atoms with Crippen LogP contribution in [0.25, 0.3) is 0 Å². The smallest absolute Gasteiger partial charge is 0.410 e. The molecule has 2 fully saturated rings. The highest BCUT2D eigenvalue weighted by Gasteiger charge is 2.42. The molecule has 2 saturated heterocycles. The van der Waals surface area contributed by atoms with Crippen molar-refractivity contribution in [2.45, 2.75) is 32.5 Å². The summed E-state index contributed by atoms with van der Waals surface area (Å²) in [5.41, 5.74) is 0.967. The van der Waals surface area contributed by atoms with E-state index < -0.39 is 0 Å². The first-order valence-corrected chi connectivity index (χ1v) is 9.54. The van der Waals surface area contributed by atoms with Crippen molar-refractivity contribution in [2.24, 2.45) is 5.92 Å². The van der Waals surface area contributed by atoms with Crippen molar-refractivity contribution >= 4 is 12.1 Å². The van der Waals surface area contributed by atoms with Gasteiger partial charge in [0.05, 0.1) is 37.8 Å². The molecule has 0 saturated carbocycles. The standard InChI is InChI=1S/C20H28N2O5/c1-3-26-19(23)15(2)9-21-10-17-13-25-14-18(11-21)22(17)20(24)27-12-16-7-5-4-6-8-16/h4-8,15,17-18H,3,9-14H2,1-2H3. The zero-order chi connectivity index (χ0) is 19.2. The first-order chi connectivity index (χ1) is 13.1. The number of rotatable bonds is 6. The SMILES string of the molecule is CCOC(=O)C(C)CN1CC2COCC(C1)N2C(=O)OCc1ccccc1. The van der Waals surface area contributed by atoms with Crippen LogP contribution in [0.3, 0.4) is 0 Å². The molecule has 148 valence electrons. The number of fused-ring (bicyclic) bond motifs is 2. The molecule has 7 nitrogen and oxygen atoms in total. The second-order valence-electron chi connectivity index (χ2n) is 7.16. The molecule has 0 spiro atoms. The Morgan fingerprint density at radius 3 is 2.44 bits per heavy atom. The molecule has 2 bridgehead atoms. The Balaban J connectivity index is 1.56. The van der Waals surface area contributed by atoms with E-state index in [1.807, 2.05) is 49.1 Å². The van der Waals surface area contributed by atoms with Crippen LogP contribution in [0.1, 0.15) is 19.4 Å². The van der Waals surface area contributed by atoms with E-state index >= 15 is 0 Å². The largest absolute Gasteiger partial charge is 0.466 e. The van der Waals surface area contributed by atoms with Gasteiger partial charge < -0.3 is 14.2 Å². The van der Waals surface area contributed by atoms with Crippen LogP contribution in [0.2, 0.25) is 0 Å². The molecule has 2 heterocycles. The molecule has 1 aromatic rings. The van der Waals surface area contributed by atoms with Crippen molar-refractivity contribution in [3.8, 4) is 0 Å². The summed E-state index contributed by atoms with van der Waals surface area (Å²) in [5.74, 6) is -0.369. The van der Waals surface area contributed by atoms with E-state index in [0.717, 1.165) is 5.56 Å². The molecule has 2 aliphatic heterocycles. The van der Waals surface area contributed by atoms with Crippen LogP contribution in [0, 0.1) is 5.92 Å². The molecule has 0 N–H and O–H groups in total. The fourth-order valence-electron chi connectivity index (χ4n) is 3.74. The molecule has 3 unspecified atom stereocenters. The maximum Gasteiger partial charge on any atom is 0.410 e. The van der Waals surface area contributed by atoms with Crippen molar-refractivity contribution in [1.29, 1.82) is 0 Å². The number of esters is 1. The van der Waals surface area contributed by atoms with Crippen LogP contribution in [0.15, 0.2) is 30.3 Å². The predicted molar refractivity (Wildman–Crippen MR) is 99.1 cm³/mol. The average molecular weight is 376 g/mol. The minimum absolute atomic E-state index is 0.0600. The fraction of sp³-hybridized carbons (Fsp3) is 0.600. The van der Waals surface area contributed by atoms with Crippen LogP contribution in [0.4, 0.5) is 4.79 Å². The first-order valence-electron chi connectivity index (χ1n) is 9.54. The lowest BCUT2D eigenvalue weighted by atomic mass is 10.0. The van der Waals surface area contributed by atoms with Gasteiger partial charge in [0.1, 0.15) is 6.61 Å². The Morgan fingerprint density at radius 1 is 1.15 bits per heavy atom. The summed E-state index contributed by atoms with van der Waals surface area (Å²) in [4.78, 5) is 28.6. The summed E-state index contributed by atoms with van der Waals surface area (Å²) >= 11 is 0. The zero-order valence-corrected chi connectivity index (χ0v) is 16.0. The van der Waals surface area contributed by atoms with Gasteiger partial charge in [-0.15, -0.1) is 0 Å². The fourth-order valence-corrected chi connectivity index (χ4v) is 3.74. The van der Waals surface area contributed by atoms with Crippen LogP contribution in [-0.4, -0.2) is 73.4 Å². The monoisotopic (exact) mass is 376 g/mol. The van der Waals surface area contributed by atoms with Gasteiger partial charge in [-0.3, -0.25) is 14.6 Å². The molecular formula is C20H28N2O5. The Kier molecular flexibility index (Phi) is 6.68. The lowest BCUT2D eigenvalue weighted by molar-refractivity contribution is -0.149. The molecule has 2 aliphatic rings. The number of carbonyl (C=O) groups excluding carboxylic acids is 2. The van der Waals surface area contributed by atoms with Crippen molar-refractivity contribution in [3.05, 3.63) is 35.9 Å². The zero-order valence-electron chi connectivity index (χ0n) is 16.0. The van der Waals surface area contributed by atoms with Crippen molar-refractivity contribution in [2.75, 3.05) is 39.5 Å². The van der Waals surface area contributed by atoms with Crippen LogP contribution >= 0.6 is 0 Å². The number of nitrogens with zero attached hydrogens (tertiary/aromatic N) is 2. The third kappa shape index (κ3) is 4.99. The number of carbonyl (C=O) groups is 2. The van der Waals surface area contributed by atoms with Crippen molar-refractivity contribution < 1.29 is 23.8 Å². The molecule has 1 amide bonds. The minimum atomic E-state index is -0.296. The molecule has 0 aromatic heterocycles. The number of ether oxygens (including phenoxy) is 3. The Bertz CT molecular complexity index is 625. The van der Waals surface area contributed by atoms with E-state index in [1.165, 1.54) is 0 Å². The van der Waals surface area contributed by atoms with E-state index in [2.05, 4.69) is 4.90 Å². The van der Waals surface area contributed by atoms with Crippen LogP contribution < -0.4 is 0 Å². The van der Waals surface area contributed by atoms with Gasteiger partial charge in [-0.25, -0.2) is 4.79 Å². The van der Waals surface area contributed by atoms with Crippen LogP contribution in [-0.2, 0) is 25.6 Å². The Labute approximate surface area is 160 Å².